The van der Waals surface area contributed by atoms with Gasteiger partial charge in [0.2, 0.25) is 0 Å². The fourth-order valence-electron chi connectivity index (χ4n) is 2.42. The molecule has 26 heavy (non-hydrogen) atoms. The van der Waals surface area contributed by atoms with Crippen LogP contribution in [0.15, 0.2) is 41.3 Å². The van der Waals surface area contributed by atoms with Crippen LogP contribution < -0.4 is 14.4 Å². The molecule has 0 saturated carbocycles. The molecule has 0 atom stereocenters. The van der Waals surface area contributed by atoms with E-state index in [1.807, 2.05) is 0 Å². The van der Waals surface area contributed by atoms with Gasteiger partial charge in [-0.2, -0.15) is 0 Å². The number of thiocarbonyl (C=S) groups is 1. The second-order valence-electron chi connectivity index (χ2n) is 5.26. The molecule has 2 aromatic rings. The average molecular weight is 408 g/mol. The van der Waals surface area contributed by atoms with Crippen molar-refractivity contribution in [2.24, 2.45) is 0 Å². The van der Waals surface area contributed by atoms with E-state index in [0.29, 0.717) is 31.2 Å². The number of thioether (sulfide) groups is 1. The van der Waals surface area contributed by atoms with E-state index in [-0.39, 0.29) is 17.4 Å². The largest absolute Gasteiger partial charge is 0.504 e. The SMILES string of the molecule is COc1ccc(N2C(=O)/C(=C/c3cc(Cl)cc(OC)c3O)SC2=S)cc1. The van der Waals surface area contributed by atoms with Crippen LogP contribution in [-0.4, -0.2) is 29.6 Å². The second kappa shape index (κ2) is 7.57. The lowest BCUT2D eigenvalue weighted by Gasteiger charge is -2.14. The van der Waals surface area contributed by atoms with Crippen molar-refractivity contribution < 1.29 is 19.4 Å². The molecule has 0 unspecified atom stereocenters. The van der Waals surface area contributed by atoms with Crippen molar-refractivity contribution in [3.63, 3.8) is 0 Å². The van der Waals surface area contributed by atoms with E-state index in [1.54, 1.807) is 43.5 Å². The maximum absolute atomic E-state index is 12.8. The van der Waals surface area contributed by atoms with Crippen LogP contribution in [0, 0.1) is 0 Å². The number of phenolic OH excluding ortho intramolecular Hbond substituents is 1. The standard InChI is InChI=1S/C18H14ClNO4S2/c1-23-13-5-3-12(4-6-13)20-17(22)15(26-18(20)25)8-10-7-11(19)9-14(24-2)16(10)21/h3-9,21H,1-2H3/b15-8-. The lowest BCUT2D eigenvalue weighted by molar-refractivity contribution is -0.113. The van der Waals surface area contributed by atoms with Gasteiger partial charge in [0.05, 0.1) is 24.8 Å². The van der Waals surface area contributed by atoms with Gasteiger partial charge >= 0.3 is 0 Å². The molecule has 1 saturated heterocycles. The molecule has 1 aliphatic heterocycles. The number of hydrogen-bond donors (Lipinski definition) is 1. The Bertz CT molecular complexity index is 912. The third-order valence-electron chi connectivity index (χ3n) is 3.70. The molecule has 1 N–H and O–H groups in total. The average Bonchev–Trinajstić information content (AvgIpc) is 2.91. The van der Waals surface area contributed by atoms with Crippen molar-refractivity contribution in [2.75, 3.05) is 19.1 Å². The highest BCUT2D eigenvalue weighted by molar-refractivity contribution is 8.27. The molecular formula is C18H14ClNO4S2. The van der Waals surface area contributed by atoms with Gasteiger partial charge < -0.3 is 14.6 Å². The highest BCUT2D eigenvalue weighted by atomic mass is 35.5. The summed E-state index contributed by atoms with van der Waals surface area (Å²) in [5, 5.41) is 10.6. The molecule has 5 nitrogen and oxygen atoms in total. The maximum atomic E-state index is 12.8. The quantitative estimate of drug-likeness (QED) is 0.596. The van der Waals surface area contributed by atoms with Gasteiger partial charge in [0.25, 0.3) is 5.91 Å². The fourth-order valence-corrected chi connectivity index (χ4v) is 3.93. The highest BCUT2D eigenvalue weighted by Gasteiger charge is 2.33. The minimum absolute atomic E-state index is 0.0911. The van der Waals surface area contributed by atoms with E-state index in [4.69, 9.17) is 33.3 Å². The Hall–Kier alpha value is -2.22. The first kappa shape index (κ1) is 18.6. The third kappa shape index (κ3) is 3.51. The molecule has 0 aromatic heterocycles. The smallest absolute Gasteiger partial charge is 0.270 e. The van der Waals surface area contributed by atoms with Crippen molar-refractivity contribution in [3.8, 4) is 17.2 Å². The Morgan fingerprint density at radius 3 is 2.50 bits per heavy atom. The summed E-state index contributed by atoms with van der Waals surface area (Å²) in [5.74, 6) is 0.551. The number of carbonyl (C=O) groups excluding carboxylic acids is 1. The van der Waals surface area contributed by atoms with Crippen LogP contribution in [-0.2, 0) is 4.79 Å². The first-order valence-electron chi connectivity index (χ1n) is 7.43. The predicted octanol–water partition coefficient (Wildman–Crippen LogP) is 4.47. The van der Waals surface area contributed by atoms with Crippen LogP contribution in [0.25, 0.3) is 6.08 Å². The normalized spacial score (nSPS) is 15.7. The highest BCUT2D eigenvalue weighted by Crippen LogP contribution is 2.40. The topological polar surface area (TPSA) is 59.0 Å². The number of phenols is 1. The predicted molar refractivity (Wildman–Crippen MR) is 108 cm³/mol. The number of benzene rings is 2. The van der Waals surface area contributed by atoms with Crippen LogP contribution in [0.2, 0.25) is 5.02 Å². The molecule has 8 heteroatoms. The zero-order chi connectivity index (χ0) is 18.8. The van der Waals surface area contributed by atoms with Crippen LogP contribution in [0.1, 0.15) is 5.56 Å². The molecule has 2 aromatic carbocycles. The first-order valence-corrected chi connectivity index (χ1v) is 9.03. The lowest BCUT2D eigenvalue weighted by atomic mass is 10.1. The summed E-state index contributed by atoms with van der Waals surface area (Å²) in [7, 11) is 3.00. The number of hydrogen-bond acceptors (Lipinski definition) is 6. The van der Waals surface area contributed by atoms with E-state index in [9.17, 15) is 9.90 Å². The number of methoxy groups -OCH3 is 2. The van der Waals surface area contributed by atoms with Gasteiger partial charge in [-0.15, -0.1) is 0 Å². The molecule has 1 heterocycles. The maximum Gasteiger partial charge on any atom is 0.270 e. The summed E-state index contributed by atoms with van der Waals surface area (Å²) in [5.41, 5.74) is 1.02. The summed E-state index contributed by atoms with van der Waals surface area (Å²) in [6.07, 6.45) is 1.55. The van der Waals surface area contributed by atoms with Crippen molar-refractivity contribution >= 4 is 57.6 Å². The van der Waals surface area contributed by atoms with Crippen molar-refractivity contribution in [2.45, 2.75) is 0 Å². The minimum Gasteiger partial charge on any atom is -0.504 e. The Kier molecular flexibility index (Phi) is 5.41. The minimum atomic E-state index is -0.275. The number of halogens is 1. The van der Waals surface area contributed by atoms with E-state index in [2.05, 4.69) is 0 Å². The summed E-state index contributed by atoms with van der Waals surface area (Å²) in [4.78, 5) is 14.6. The molecule has 0 aliphatic carbocycles. The van der Waals surface area contributed by atoms with Crippen LogP contribution >= 0.6 is 35.6 Å². The Morgan fingerprint density at radius 1 is 1.19 bits per heavy atom. The van der Waals surface area contributed by atoms with Gasteiger partial charge in [0.15, 0.2) is 15.8 Å². The van der Waals surface area contributed by atoms with Gasteiger partial charge in [-0.3, -0.25) is 9.69 Å². The van der Waals surface area contributed by atoms with E-state index in [0.717, 1.165) is 11.8 Å². The molecule has 134 valence electrons. The molecule has 1 fully saturated rings. The molecule has 0 radical (unpaired) electrons. The number of ether oxygens (including phenoxy) is 2. The zero-order valence-electron chi connectivity index (χ0n) is 13.9. The van der Waals surface area contributed by atoms with Crippen molar-refractivity contribution in [3.05, 3.63) is 51.9 Å². The van der Waals surface area contributed by atoms with Gasteiger partial charge in [0.1, 0.15) is 5.75 Å². The number of rotatable bonds is 4. The van der Waals surface area contributed by atoms with Gasteiger partial charge in [-0.1, -0.05) is 35.6 Å². The third-order valence-corrected chi connectivity index (χ3v) is 5.22. The number of nitrogens with zero attached hydrogens (tertiary/aromatic N) is 1. The molecule has 1 aliphatic rings. The van der Waals surface area contributed by atoms with Crippen LogP contribution in [0.3, 0.4) is 0 Å². The number of amides is 1. The number of anilines is 1. The van der Waals surface area contributed by atoms with Gasteiger partial charge in [-0.05, 0) is 36.4 Å². The van der Waals surface area contributed by atoms with Gasteiger partial charge in [0, 0.05) is 16.7 Å². The van der Waals surface area contributed by atoms with E-state index >= 15 is 0 Å². The number of carbonyl (C=O) groups is 1. The lowest BCUT2D eigenvalue weighted by Crippen LogP contribution is -2.27. The fraction of sp³-hybridized carbons (Fsp3) is 0.111. The summed E-state index contributed by atoms with van der Waals surface area (Å²) in [6, 6.07) is 10.1. The molecule has 0 bridgehead atoms. The van der Waals surface area contributed by atoms with Crippen molar-refractivity contribution in [1.82, 2.24) is 0 Å². The summed E-state index contributed by atoms with van der Waals surface area (Å²) < 4.78 is 10.6. The summed E-state index contributed by atoms with van der Waals surface area (Å²) >= 11 is 12.5. The summed E-state index contributed by atoms with van der Waals surface area (Å²) in [6.45, 7) is 0. The molecule has 0 spiro atoms. The monoisotopic (exact) mass is 407 g/mol. The molecular weight excluding hydrogens is 394 g/mol. The number of aromatic hydroxyl groups is 1. The Morgan fingerprint density at radius 2 is 1.88 bits per heavy atom. The van der Waals surface area contributed by atoms with Crippen LogP contribution in [0.5, 0.6) is 17.2 Å². The first-order chi connectivity index (χ1) is 12.4. The van der Waals surface area contributed by atoms with E-state index in [1.165, 1.54) is 18.1 Å². The zero-order valence-corrected chi connectivity index (χ0v) is 16.2. The molecule has 3 rings (SSSR count). The van der Waals surface area contributed by atoms with Crippen LogP contribution in [0.4, 0.5) is 5.69 Å². The second-order valence-corrected chi connectivity index (χ2v) is 7.37. The molecule has 1 amide bonds. The van der Waals surface area contributed by atoms with Gasteiger partial charge in [-0.25, -0.2) is 0 Å². The van der Waals surface area contributed by atoms with E-state index < -0.39 is 0 Å². The Labute approximate surface area is 165 Å². The Balaban J connectivity index is 1.96. The van der Waals surface area contributed by atoms with Crippen molar-refractivity contribution in [1.29, 1.82) is 0 Å².